The summed E-state index contributed by atoms with van der Waals surface area (Å²) in [6.45, 7) is 10.5. The molecule has 2 rings (SSSR count). The molecule has 0 spiro atoms. The molecule has 0 aliphatic carbocycles. The second-order valence-corrected chi connectivity index (χ2v) is 7.23. The highest BCUT2D eigenvalue weighted by molar-refractivity contribution is 5.97. The number of nitrogens with zero attached hydrogens (tertiary/aromatic N) is 2. The number of nitrogens with one attached hydrogen (secondary N) is 1. The van der Waals surface area contributed by atoms with E-state index in [0.29, 0.717) is 13.2 Å². The first-order chi connectivity index (χ1) is 9.70. The van der Waals surface area contributed by atoms with Gasteiger partial charge in [-0.05, 0) is 19.4 Å². The third-order valence-electron chi connectivity index (χ3n) is 4.27. The van der Waals surface area contributed by atoms with Gasteiger partial charge in [-0.15, -0.1) is 0 Å². The molecule has 3 unspecified atom stereocenters. The number of rotatable bonds is 2. The quantitative estimate of drug-likeness (QED) is 0.784. The highest BCUT2D eigenvalue weighted by Crippen LogP contribution is 2.25. The van der Waals surface area contributed by atoms with Crippen molar-refractivity contribution in [2.24, 2.45) is 5.41 Å². The molecule has 6 nitrogen and oxygen atoms in total. The smallest absolute Gasteiger partial charge is 0.246 e. The average Bonchev–Trinajstić information content (AvgIpc) is 2.37. The molecular weight excluding hydrogens is 270 g/mol. The molecule has 2 saturated heterocycles. The Labute approximate surface area is 126 Å². The molecule has 21 heavy (non-hydrogen) atoms. The van der Waals surface area contributed by atoms with E-state index in [1.54, 1.807) is 11.8 Å². The number of morpholine rings is 1. The maximum atomic E-state index is 12.7. The van der Waals surface area contributed by atoms with Crippen molar-refractivity contribution in [2.45, 2.75) is 45.9 Å². The molecule has 3 atom stereocenters. The van der Waals surface area contributed by atoms with E-state index in [9.17, 15) is 9.59 Å². The van der Waals surface area contributed by atoms with E-state index in [1.165, 1.54) is 0 Å². The van der Waals surface area contributed by atoms with Gasteiger partial charge in [-0.25, -0.2) is 0 Å². The second-order valence-electron chi connectivity index (χ2n) is 7.23. The summed E-state index contributed by atoms with van der Waals surface area (Å²) in [7, 11) is 2.04. The van der Waals surface area contributed by atoms with Gasteiger partial charge in [0.15, 0.2) is 0 Å². The van der Waals surface area contributed by atoms with Gasteiger partial charge in [-0.3, -0.25) is 9.59 Å². The molecule has 2 aliphatic rings. The fourth-order valence-electron chi connectivity index (χ4n) is 2.85. The van der Waals surface area contributed by atoms with Gasteiger partial charge < -0.3 is 19.9 Å². The van der Waals surface area contributed by atoms with Crippen LogP contribution >= 0.6 is 0 Å². The second kappa shape index (κ2) is 5.93. The molecule has 0 saturated carbocycles. The van der Waals surface area contributed by atoms with E-state index in [4.69, 9.17) is 4.74 Å². The van der Waals surface area contributed by atoms with Crippen LogP contribution in [-0.2, 0) is 14.3 Å². The van der Waals surface area contributed by atoms with Crippen molar-refractivity contribution in [1.82, 2.24) is 15.1 Å². The van der Waals surface area contributed by atoms with Crippen LogP contribution in [0.15, 0.2) is 0 Å². The molecule has 2 aliphatic heterocycles. The predicted octanol–water partition coefficient (Wildman–Crippen LogP) is 0.0786. The minimum Gasteiger partial charge on any atom is -0.374 e. The van der Waals surface area contributed by atoms with E-state index < -0.39 is 12.1 Å². The fourth-order valence-corrected chi connectivity index (χ4v) is 2.85. The van der Waals surface area contributed by atoms with Gasteiger partial charge in [0.2, 0.25) is 11.8 Å². The van der Waals surface area contributed by atoms with Crippen molar-refractivity contribution in [3.63, 3.8) is 0 Å². The van der Waals surface area contributed by atoms with Crippen LogP contribution in [0.25, 0.3) is 0 Å². The Bertz CT molecular complexity index is 419. The molecule has 0 aromatic carbocycles. The maximum Gasteiger partial charge on any atom is 0.246 e. The first-order valence-electron chi connectivity index (χ1n) is 7.61. The van der Waals surface area contributed by atoms with Crippen molar-refractivity contribution in [3.8, 4) is 0 Å². The van der Waals surface area contributed by atoms with Gasteiger partial charge in [0.1, 0.15) is 12.1 Å². The third-order valence-corrected chi connectivity index (χ3v) is 4.27. The van der Waals surface area contributed by atoms with Crippen LogP contribution in [0.3, 0.4) is 0 Å². The summed E-state index contributed by atoms with van der Waals surface area (Å²) < 4.78 is 5.74. The van der Waals surface area contributed by atoms with Crippen LogP contribution in [-0.4, -0.2) is 73.1 Å². The maximum absolute atomic E-state index is 12.7. The van der Waals surface area contributed by atoms with Crippen molar-refractivity contribution in [1.29, 1.82) is 0 Å². The number of carbonyl (C=O) groups is 2. The molecule has 2 heterocycles. The molecule has 0 aromatic rings. The summed E-state index contributed by atoms with van der Waals surface area (Å²) in [5.74, 6) is -0.0925. The van der Waals surface area contributed by atoms with Gasteiger partial charge in [-0.2, -0.15) is 0 Å². The normalized spacial score (nSPS) is 32.2. The van der Waals surface area contributed by atoms with Crippen LogP contribution in [0, 0.1) is 5.41 Å². The van der Waals surface area contributed by atoms with Crippen molar-refractivity contribution in [2.75, 3.05) is 33.3 Å². The molecular formula is C15H27N3O3. The van der Waals surface area contributed by atoms with Gasteiger partial charge in [0.05, 0.1) is 12.7 Å². The predicted molar refractivity (Wildman–Crippen MR) is 79.8 cm³/mol. The van der Waals surface area contributed by atoms with E-state index in [-0.39, 0.29) is 23.3 Å². The lowest BCUT2D eigenvalue weighted by Crippen LogP contribution is -2.67. The summed E-state index contributed by atoms with van der Waals surface area (Å²) >= 11 is 0. The summed E-state index contributed by atoms with van der Waals surface area (Å²) in [5.41, 5.74) is -0.296. The van der Waals surface area contributed by atoms with Crippen LogP contribution in [0.2, 0.25) is 0 Å². The molecule has 0 bridgehead atoms. The van der Waals surface area contributed by atoms with Gasteiger partial charge in [0, 0.05) is 19.6 Å². The highest BCUT2D eigenvalue weighted by Gasteiger charge is 2.44. The highest BCUT2D eigenvalue weighted by atomic mass is 16.5. The minimum absolute atomic E-state index is 0.00794. The van der Waals surface area contributed by atoms with Gasteiger partial charge in [-0.1, -0.05) is 20.8 Å². The molecule has 0 aromatic heterocycles. The molecule has 0 radical (unpaired) electrons. The lowest BCUT2D eigenvalue weighted by atomic mass is 9.84. The fraction of sp³-hybridized carbons (Fsp3) is 0.867. The number of carbonyl (C=O) groups excluding carboxylic acids is 2. The Morgan fingerprint density at radius 3 is 2.57 bits per heavy atom. The van der Waals surface area contributed by atoms with Crippen LogP contribution < -0.4 is 5.32 Å². The topological polar surface area (TPSA) is 61.9 Å². The average molecular weight is 297 g/mol. The van der Waals surface area contributed by atoms with E-state index in [1.807, 2.05) is 27.8 Å². The first-order valence-corrected chi connectivity index (χ1v) is 7.61. The number of hydrogen-bond acceptors (Lipinski definition) is 4. The monoisotopic (exact) mass is 297 g/mol. The minimum atomic E-state index is -0.470. The number of ether oxygens (including phenoxy) is 1. The lowest BCUT2D eigenvalue weighted by molar-refractivity contribution is -0.155. The van der Waals surface area contributed by atoms with E-state index in [0.717, 1.165) is 13.1 Å². The van der Waals surface area contributed by atoms with E-state index >= 15 is 0 Å². The number of hydrogen-bond donors (Lipinski definition) is 1. The zero-order chi connectivity index (χ0) is 15.8. The Balaban J connectivity index is 2.11. The largest absolute Gasteiger partial charge is 0.374 e. The van der Waals surface area contributed by atoms with Gasteiger partial charge in [0.25, 0.3) is 0 Å². The third kappa shape index (κ3) is 3.55. The zero-order valence-electron chi connectivity index (χ0n) is 13.7. The molecule has 6 heteroatoms. The Morgan fingerprint density at radius 2 is 2.00 bits per heavy atom. The number of piperazine rings is 1. The molecule has 2 amide bonds. The Kier molecular flexibility index (Phi) is 4.58. The summed E-state index contributed by atoms with van der Waals surface area (Å²) in [5, 5.41) is 2.85. The number of amides is 2. The van der Waals surface area contributed by atoms with Crippen molar-refractivity contribution in [3.05, 3.63) is 0 Å². The van der Waals surface area contributed by atoms with Crippen molar-refractivity contribution < 1.29 is 14.3 Å². The molecule has 2 fully saturated rings. The van der Waals surface area contributed by atoms with Crippen LogP contribution in [0.5, 0.6) is 0 Å². The lowest BCUT2D eigenvalue weighted by Gasteiger charge is -2.44. The number of likely N-dealkylation sites (N-methyl/N-ethyl adjacent to an activating group) is 1. The van der Waals surface area contributed by atoms with Crippen LogP contribution in [0.1, 0.15) is 27.7 Å². The summed E-state index contributed by atoms with van der Waals surface area (Å²) in [6.07, 6.45) is -0.0262. The van der Waals surface area contributed by atoms with Crippen molar-refractivity contribution >= 4 is 11.8 Å². The molecule has 120 valence electrons. The standard InChI is InChI=1S/C15H27N3O3/c1-10-13(19)16-12(15(2,3)4)14(20)18(10)9-11-8-17(5)6-7-21-11/h10-12H,6-9H2,1-5H3,(H,16,19). The van der Waals surface area contributed by atoms with E-state index in [2.05, 4.69) is 10.2 Å². The summed E-state index contributed by atoms with van der Waals surface area (Å²) in [6, 6.07) is -0.908. The first kappa shape index (κ1) is 16.2. The van der Waals surface area contributed by atoms with Crippen LogP contribution in [0.4, 0.5) is 0 Å². The molecule has 1 N–H and O–H groups in total. The summed E-state index contributed by atoms with van der Waals surface area (Å²) in [4.78, 5) is 28.8. The van der Waals surface area contributed by atoms with Gasteiger partial charge >= 0.3 is 0 Å². The SMILES string of the molecule is CC1C(=O)NC(C(C)(C)C)C(=O)N1CC1CN(C)CCO1. The Morgan fingerprint density at radius 1 is 1.33 bits per heavy atom. The Hall–Kier alpha value is -1.14. The zero-order valence-corrected chi connectivity index (χ0v) is 13.7.